The Morgan fingerprint density at radius 3 is 2.43 bits per heavy atom. The third kappa shape index (κ3) is 5.69. The maximum atomic E-state index is 5.42. The first-order chi connectivity index (χ1) is 14.7. The van der Waals surface area contributed by atoms with Crippen molar-refractivity contribution >= 4 is 11.2 Å². The van der Waals surface area contributed by atoms with Crippen LogP contribution in [0.3, 0.4) is 0 Å². The van der Waals surface area contributed by atoms with Gasteiger partial charge in [0, 0.05) is 24.1 Å². The first-order valence-electron chi connectivity index (χ1n) is 10.8. The molecule has 4 heteroatoms. The highest BCUT2D eigenvalue weighted by atomic mass is 16.5. The van der Waals surface area contributed by atoms with Gasteiger partial charge in [0.25, 0.3) is 0 Å². The molecule has 30 heavy (non-hydrogen) atoms. The number of aromatic nitrogens is 3. The van der Waals surface area contributed by atoms with Gasteiger partial charge in [-0.25, -0.2) is 9.97 Å². The van der Waals surface area contributed by atoms with Crippen molar-refractivity contribution in [3.63, 3.8) is 0 Å². The van der Waals surface area contributed by atoms with Gasteiger partial charge in [-0.1, -0.05) is 83.2 Å². The largest absolute Gasteiger partial charge is 0.500 e. The number of methoxy groups -OCH3 is 1. The molecule has 2 aromatic heterocycles. The molecule has 1 atom stereocenters. The van der Waals surface area contributed by atoms with Crippen molar-refractivity contribution in [3.8, 4) is 11.1 Å². The van der Waals surface area contributed by atoms with Gasteiger partial charge in [-0.05, 0) is 23.3 Å². The van der Waals surface area contributed by atoms with Crippen molar-refractivity contribution in [1.29, 1.82) is 0 Å². The first-order valence-corrected chi connectivity index (χ1v) is 10.8. The predicted molar refractivity (Wildman–Crippen MR) is 127 cm³/mol. The number of benzene rings is 1. The third-order valence-corrected chi connectivity index (χ3v) is 4.61. The Hall–Kier alpha value is -3.14. The number of pyridine rings is 1. The topological polar surface area (TPSA) is 50.8 Å². The molecule has 4 rings (SSSR count). The summed E-state index contributed by atoms with van der Waals surface area (Å²) in [6, 6.07) is 12.4. The number of allylic oxidation sites excluding steroid dienone is 5. The smallest absolute Gasteiger partial charge is 0.177 e. The van der Waals surface area contributed by atoms with Gasteiger partial charge in [0.15, 0.2) is 5.65 Å². The van der Waals surface area contributed by atoms with Crippen LogP contribution in [-0.2, 0) is 11.2 Å². The summed E-state index contributed by atoms with van der Waals surface area (Å²) in [5.41, 5.74) is 5.13. The van der Waals surface area contributed by atoms with Crippen LogP contribution in [0.1, 0.15) is 40.4 Å². The molecule has 0 bridgehead atoms. The number of ether oxygens (including phenoxy) is 1. The van der Waals surface area contributed by atoms with E-state index in [9.17, 15) is 0 Å². The molecule has 1 aromatic carbocycles. The van der Waals surface area contributed by atoms with E-state index in [0.29, 0.717) is 0 Å². The summed E-state index contributed by atoms with van der Waals surface area (Å²) in [6.45, 7) is 10.1. The molecular formula is C26H33N3O. The molecule has 0 amide bonds. The fourth-order valence-electron chi connectivity index (χ4n) is 3.15. The van der Waals surface area contributed by atoms with Crippen LogP contribution in [0.25, 0.3) is 22.3 Å². The minimum absolute atomic E-state index is 0.277. The predicted octanol–water partition coefficient (Wildman–Crippen LogP) is 6.88. The fourth-order valence-corrected chi connectivity index (χ4v) is 3.15. The van der Waals surface area contributed by atoms with Crippen molar-refractivity contribution in [2.45, 2.75) is 41.0 Å². The fraction of sp³-hybridized carbons (Fsp3) is 0.308. The van der Waals surface area contributed by atoms with E-state index >= 15 is 0 Å². The Labute approximate surface area is 180 Å². The lowest BCUT2D eigenvalue weighted by Gasteiger charge is -2.08. The zero-order chi connectivity index (χ0) is 21.9. The molecule has 158 valence electrons. The second-order valence-corrected chi connectivity index (χ2v) is 6.48. The average Bonchev–Trinajstić information content (AvgIpc) is 3.13. The van der Waals surface area contributed by atoms with E-state index < -0.39 is 0 Å². The summed E-state index contributed by atoms with van der Waals surface area (Å²) in [5.74, 6) is 2.16. The van der Waals surface area contributed by atoms with Gasteiger partial charge in [0.2, 0.25) is 0 Å². The maximum absolute atomic E-state index is 5.42. The van der Waals surface area contributed by atoms with Gasteiger partial charge in [0.05, 0.1) is 12.6 Å². The number of imidazole rings is 1. The number of fused-ring (bicyclic) bond motifs is 1. The monoisotopic (exact) mass is 403 g/mol. The van der Waals surface area contributed by atoms with E-state index in [1.165, 1.54) is 5.57 Å². The summed E-state index contributed by atoms with van der Waals surface area (Å²) in [5, 5.41) is 0. The quantitative estimate of drug-likeness (QED) is 0.516. The van der Waals surface area contributed by atoms with Gasteiger partial charge in [-0.2, -0.15) is 0 Å². The molecule has 0 fully saturated rings. The molecule has 0 radical (unpaired) electrons. The Balaban J connectivity index is 0.000000757. The van der Waals surface area contributed by atoms with E-state index in [-0.39, 0.29) is 5.92 Å². The lowest BCUT2D eigenvalue weighted by atomic mass is 10.1. The number of nitrogens with zero attached hydrogens (tertiary/aromatic N) is 2. The van der Waals surface area contributed by atoms with Crippen LogP contribution in [0.2, 0.25) is 0 Å². The third-order valence-electron chi connectivity index (χ3n) is 4.61. The Kier molecular flexibility index (Phi) is 9.07. The standard InChI is InChI=1S/C22H21N3O.2C2H6/c1-15-8-9-16(10-11-20(15)26-2)12-21-24-19-13-18(14-23-22(19)25-21)17-6-4-3-5-7-17;2*1-2/h3-11,13-15H,12H2,1-2H3,(H,23,24,25);2*1-2H3. The van der Waals surface area contributed by atoms with E-state index in [4.69, 9.17) is 4.74 Å². The maximum Gasteiger partial charge on any atom is 0.177 e. The molecular weight excluding hydrogens is 370 g/mol. The number of rotatable bonds is 4. The number of hydrogen-bond donors (Lipinski definition) is 1. The molecule has 3 aromatic rings. The lowest BCUT2D eigenvalue weighted by Crippen LogP contribution is -1.96. The summed E-state index contributed by atoms with van der Waals surface area (Å²) >= 11 is 0. The van der Waals surface area contributed by atoms with Crippen molar-refractivity contribution in [2.75, 3.05) is 7.11 Å². The van der Waals surface area contributed by atoms with E-state index in [0.717, 1.165) is 40.3 Å². The number of hydrogen-bond acceptors (Lipinski definition) is 3. The van der Waals surface area contributed by atoms with Crippen LogP contribution in [-0.4, -0.2) is 22.1 Å². The summed E-state index contributed by atoms with van der Waals surface area (Å²) in [6.07, 6.45) is 11.0. The highest BCUT2D eigenvalue weighted by Gasteiger charge is 2.11. The molecule has 1 aliphatic carbocycles. The van der Waals surface area contributed by atoms with Gasteiger partial charge < -0.3 is 9.72 Å². The molecule has 1 aliphatic rings. The van der Waals surface area contributed by atoms with E-state index in [1.807, 2.05) is 58.2 Å². The summed E-state index contributed by atoms with van der Waals surface area (Å²) in [7, 11) is 1.71. The van der Waals surface area contributed by atoms with Crippen LogP contribution in [0.4, 0.5) is 0 Å². The Morgan fingerprint density at radius 2 is 1.73 bits per heavy atom. The van der Waals surface area contributed by atoms with Crippen LogP contribution in [0.15, 0.2) is 78.2 Å². The Bertz CT molecular complexity index is 1010. The van der Waals surface area contributed by atoms with E-state index in [2.05, 4.69) is 58.3 Å². The highest BCUT2D eigenvalue weighted by molar-refractivity contribution is 5.78. The van der Waals surface area contributed by atoms with Gasteiger partial charge in [0.1, 0.15) is 11.6 Å². The number of aromatic amines is 1. The molecule has 1 unspecified atom stereocenters. The average molecular weight is 404 g/mol. The first kappa shape index (κ1) is 23.1. The molecule has 0 saturated carbocycles. The Morgan fingerprint density at radius 1 is 1.00 bits per heavy atom. The number of H-pyrrole nitrogens is 1. The summed E-state index contributed by atoms with van der Waals surface area (Å²) < 4.78 is 5.42. The van der Waals surface area contributed by atoms with Crippen LogP contribution in [0, 0.1) is 5.92 Å². The van der Waals surface area contributed by atoms with Crippen molar-refractivity contribution in [3.05, 3.63) is 84.1 Å². The molecule has 2 heterocycles. The van der Waals surface area contributed by atoms with Gasteiger partial charge in [-0.15, -0.1) is 0 Å². The van der Waals surface area contributed by atoms with E-state index in [1.54, 1.807) is 7.11 Å². The second kappa shape index (κ2) is 11.8. The zero-order valence-corrected chi connectivity index (χ0v) is 18.9. The molecule has 1 N–H and O–H groups in total. The van der Waals surface area contributed by atoms with Crippen molar-refractivity contribution < 1.29 is 4.74 Å². The van der Waals surface area contributed by atoms with Crippen molar-refractivity contribution in [1.82, 2.24) is 15.0 Å². The second-order valence-electron chi connectivity index (χ2n) is 6.48. The van der Waals surface area contributed by atoms with Gasteiger partial charge in [-0.3, -0.25) is 0 Å². The SMILES string of the molecule is CC.CC.COC1=CC=C(Cc2nc3ncc(-c4ccccc4)cc3[nH]2)C=CC1C. The van der Waals surface area contributed by atoms with Gasteiger partial charge >= 0.3 is 0 Å². The minimum Gasteiger partial charge on any atom is -0.500 e. The van der Waals surface area contributed by atoms with Crippen LogP contribution in [0.5, 0.6) is 0 Å². The van der Waals surface area contributed by atoms with Crippen LogP contribution < -0.4 is 0 Å². The number of nitrogens with one attached hydrogen (secondary N) is 1. The molecule has 0 aliphatic heterocycles. The molecule has 0 saturated heterocycles. The minimum atomic E-state index is 0.277. The molecule has 0 spiro atoms. The highest BCUT2D eigenvalue weighted by Crippen LogP contribution is 2.23. The van der Waals surface area contributed by atoms with Crippen LogP contribution >= 0.6 is 0 Å². The normalized spacial score (nSPS) is 15.1. The lowest BCUT2D eigenvalue weighted by molar-refractivity contribution is 0.262. The molecule has 4 nitrogen and oxygen atoms in total. The summed E-state index contributed by atoms with van der Waals surface area (Å²) in [4.78, 5) is 12.6. The van der Waals surface area contributed by atoms with Crippen molar-refractivity contribution in [2.24, 2.45) is 5.92 Å². The zero-order valence-electron chi connectivity index (χ0n) is 18.9.